The molecular formula is C15H16FNO2. The molecule has 0 fully saturated rings. The van der Waals surface area contributed by atoms with Gasteiger partial charge in [0.05, 0.1) is 12.8 Å². The lowest BCUT2D eigenvalue weighted by atomic mass is 10.1. The van der Waals surface area contributed by atoms with Crippen LogP contribution in [0.5, 0.6) is 11.5 Å². The minimum absolute atomic E-state index is 0.311. The molecule has 0 aliphatic heterocycles. The second-order valence-corrected chi connectivity index (χ2v) is 4.23. The summed E-state index contributed by atoms with van der Waals surface area (Å²) in [5.41, 5.74) is 1.47. The molecule has 100 valence electrons. The van der Waals surface area contributed by atoms with Crippen LogP contribution in [0.15, 0.2) is 36.5 Å². The Morgan fingerprint density at radius 3 is 2.68 bits per heavy atom. The largest absolute Gasteiger partial charge is 0.496 e. The van der Waals surface area contributed by atoms with Gasteiger partial charge in [0.2, 0.25) is 0 Å². The Labute approximate surface area is 112 Å². The number of rotatable bonds is 4. The van der Waals surface area contributed by atoms with Crippen molar-refractivity contribution >= 4 is 0 Å². The Bertz CT molecular complexity index is 572. The third-order valence-corrected chi connectivity index (χ3v) is 2.89. The van der Waals surface area contributed by atoms with Gasteiger partial charge < -0.3 is 9.47 Å². The normalized spacial score (nSPS) is 12.0. The Kier molecular flexibility index (Phi) is 4.00. The first-order valence-corrected chi connectivity index (χ1v) is 6.03. The fraction of sp³-hybridized carbons (Fsp3) is 0.267. The lowest BCUT2D eigenvalue weighted by Crippen LogP contribution is -2.07. The summed E-state index contributed by atoms with van der Waals surface area (Å²) in [6, 6.07) is 8.03. The molecule has 2 rings (SSSR count). The Morgan fingerprint density at radius 2 is 2.00 bits per heavy atom. The molecule has 0 aliphatic carbocycles. The van der Waals surface area contributed by atoms with Gasteiger partial charge in [-0.3, -0.25) is 4.98 Å². The molecule has 0 saturated carbocycles. The van der Waals surface area contributed by atoms with Crippen LogP contribution < -0.4 is 9.47 Å². The van der Waals surface area contributed by atoms with Crippen molar-refractivity contribution < 1.29 is 13.9 Å². The SMILES string of the molecule is COc1ccc(F)cc1[C@@H](C)Oc1cccnc1C. The van der Waals surface area contributed by atoms with Gasteiger partial charge in [0.1, 0.15) is 23.4 Å². The van der Waals surface area contributed by atoms with Gasteiger partial charge in [-0.1, -0.05) is 0 Å². The Balaban J connectivity index is 2.27. The summed E-state index contributed by atoms with van der Waals surface area (Å²) in [6.45, 7) is 3.72. The fourth-order valence-electron chi connectivity index (χ4n) is 1.87. The van der Waals surface area contributed by atoms with Crippen molar-refractivity contribution in [3.8, 4) is 11.5 Å². The fourth-order valence-corrected chi connectivity index (χ4v) is 1.87. The van der Waals surface area contributed by atoms with Gasteiger partial charge in [-0.15, -0.1) is 0 Å². The number of aryl methyl sites for hydroxylation is 1. The van der Waals surface area contributed by atoms with Gasteiger partial charge in [-0.05, 0) is 44.2 Å². The van der Waals surface area contributed by atoms with Crippen molar-refractivity contribution in [3.05, 3.63) is 53.6 Å². The maximum atomic E-state index is 13.3. The van der Waals surface area contributed by atoms with E-state index < -0.39 is 0 Å². The molecular weight excluding hydrogens is 245 g/mol. The molecule has 0 saturated heterocycles. The van der Waals surface area contributed by atoms with Gasteiger partial charge >= 0.3 is 0 Å². The zero-order valence-corrected chi connectivity index (χ0v) is 11.2. The molecule has 0 spiro atoms. The predicted octanol–water partition coefficient (Wildman–Crippen LogP) is 3.68. The van der Waals surface area contributed by atoms with Crippen molar-refractivity contribution in [2.75, 3.05) is 7.11 Å². The summed E-state index contributed by atoms with van der Waals surface area (Å²) in [6.07, 6.45) is 1.38. The van der Waals surface area contributed by atoms with Crippen LogP contribution in [0, 0.1) is 12.7 Å². The van der Waals surface area contributed by atoms with Crippen molar-refractivity contribution in [1.82, 2.24) is 4.98 Å². The zero-order chi connectivity index (χ0) is 13.8. The monoisotopic (exact) mass is 261 g/mol. The van der Waals surface area contributed by atoms with Crippen molar-refractivity contribution in [3.63, 3.8) is 0 Å². The number of halogens is 1. The molecule has 4 heteroatoms. The van der Waals surface area contributed by atoms with E-state index in [1.165, 1.54) is 12.1 Å². The van der Waals surface area contributed by atoms with Crippen LogP contribution in [0.4, 0.5) is 4.39 Å². The molecule has 1 heterocycles. The highest BCUT2D eigenvalue weighted by molar-refractivity contribution is 5.36. The molecule has 0 N–H and O–H groups in total. The van der Waals surface area contributed by atoms with Crippen LogP contribution in [-0.2, 0) is 0 Å². The molecule has 1 aromatic carbocycles. The molecule has 0 aliphatic rings. The molecule has 0 unspecified atom stereocenters. The minimum atomic E-state index is -0.325. The quantitative estimate of drug-likeness (QED) is 0.841. The lowest BCUT2D eigenvalue weighted by Gasteiger charge is -2.18. The summed E-state index contributed by atoms with van der Waals surface area (Å²) >= 11 is 0. The summed E-state index contributed by atoms with van der Waals surface area (Å²) in [5, 5.41) is 0. The van der Waals surface area contributed by atoms with Gasteiger partial charge in [-0.25, -0.2) is 4.39 Å². The first-order chi connectivity index (χ1) is 9.11. The summed E-state index contributed by atoms with van der Waals surface area (Å²) in [5.74, 6) is 0.978. The lowest BCUT2D eigenvalue weighted by molar-refractivity contribution is 0.218. The van der Waals surface area contributed by atoms with E-state index in [2.05, 4.69) is 4.98 Å². The van der Waals surface area contributed by atoms with Gasteiger partial charge in [0.15, 0.2) is 0 Å². The molecule has 1 aromatic heterocycles. The van der Waals surface area contributed by atoms with Crippen molar-refractivity contribution in [2.45, 2.75) is 20.0 Å². The number of nitrogens with zero attached hydrogens (tertiary/aromatic N) is 1. The third-order valence-electron chi connectivity index (χ3n) is 2.89. The van der Waals surface area contributed by atoms with Gasteiger partial charge in [0, 0.05) is 11.8 Å². The van der Waals surface area contributed by atoms with E-state index in [-0.39, 0.29) is 11.9 Å². The molecule has 19 heavy (non-hydrogen) atoms. The number of pyridine rings is 1. The third kappa shape index (κ3) is 3.02. The number of ether oxygens (including phenoxy) is 2. The standard InChI is InChI=1S/C15H16FNO2/c1-10-14(5-4-8-17-10)19-11(2)13-9-12(16)6-7-15(13)18-3/h4-9,11H,1-3H3/t11-/m1/s1. The van der Waals surface area contributed by atoms with E-state index in [1.54, 1.807) is 25.4 Å². The maximum Gasteiger partial charge on any atom is 0.141 e. The van der Waals surface area contributed by atoms with Crippen LogP contribution >= 0.6 is 0 Å². The Hall–Kier alpha value is -2.10. The average Bonchev–Trinajstić information content (AvgIpc) is 2.41. The zero-order valence-electron chi connectivity index (χ0n) is 11.2. The van der Waals surface area contributed by atoms with Crippen LogP contribution in [0.25, 0.3) is 0 Å². The number of hydrogen-bond acceptors (Lipinski definition) is 3. The predicted molar refractivity (Wildman–Crippen MR) is 71.0 cm³/mol. The van der Waals surface area contributed by atoms with E-state index in [1.807, 2.05) is 19.9 Å². The minimum Gasteiger partial charge on any atom is -0.496 e. The van der Waals surface area contributed by atoms with Crippen LogP contribution in [-0.4, -0.2) is 12.1 Å². The maximum absolute atomic E-state index is 13.3. The molecule has 2 aromatic rings. The molecule has 3 nitrogen and oxygen atoms in total. The molecule has 0 bridgehead atoms. The molecule has 0 radical (unpaired) electrons. The summed E-state index contributed by atoms with van der Waals surface area (Å²) < 4.78 is 24.4. The highest BCUT2D eigenvalue weighted by atomic mass is 19.1. The summed E-state index contributed by atoms with van der Waals surface area (Å²) in [7, 11) is 1.55. The molecule has 1 atom stereocenters. The number of methoxy groups -OCH3 is 1. The number of aromatic nitrogens is 1. The highest BCUT2D eigenvalue weighted by Gasteiger charge is 2.15. The molecule has 0 amide bonds. The van der Waals surface area contributed by atoms with Crippen LogP contribution in [0.2, 0.25) is 0 Å². The van der Waals surface area contributed by atoms with E-state index in [9.17, 15) is 4.39 Å². The van der Waals surface area contributed by atoms with Crippen LogP contribution in [0.3, 0.4) is 0 Å². The Morgan fingerprint density at radius 1 is 1.21 bits per heavy atom. The second kappa shape index (κ2) is 5.69. The number of benzene rings is 1. The van der Waals surface area contributed by atoms with Gasteiger partial charge in [0.25, 0.3) is 0 Å². The first kappa shape index (κ1) is 13.3. The second-order valence-electron chi connectivity index (χ2n) is 4.23. The highest BCUT2D eigenvalue weighted by Crippen LogP contribution is 2.30. The summed E-state index contributed by atoms with van der Waals surface area (Å²) in [4.78, 5) is 4.16. The van der Waals surface area contributed by atoms with Crippen molar-refractivity contribution in [2.24, 2.45) is 0 Å². The van der Waals surface area contributed by atoms with Crippen molar-refractivity contribution in [1.29, 1.82) is 0 Å². The van der Waals surface area contributed by atoms with E-state index in [4.69, 9.17) is 9.47 Å². The topological polar surface area (TPSA) is 31.4 Å². The van der Waals surface area contributed by atoms with E-state index in [0.29, 0.717) is 17.1 Å². The average molecular weight is 261 g/mol. The van der Waals surface area contributed by atoms with E-state index in [0.717, 1.165) is 5.69 Å². The smallest absolute Gasteiger partial charge is 0.141 e. The number of hydrogen-bond donors (Lipinski definition) is 0. The first-order valence-electron chi connectivity index (χ1n) is 6.03. The van der Waals surface area contributed by atoms with Crippen LogP contribution in [0.1, 0.15) is 24.3 Å². The van der Waals surface area contributed by atoms with E-state index >= 15 is 0 Å². The van der Waals surface area contributed by atoms with Gasteiger partial charge in [-0.2, -0.15) is 0 Å².